The molecule has 0 aliphatic heterocycles. The molecule has 90 valence electrons. The summed E-state index contributed by atoms with van der Waals surface area (Å²) in [6.45, 7) is 4.55. The van der Waals surface area contributed by atoms with E-state index in [1.165, 1.54) is 0 Å². The molecule has 2 rings (SSSR count). The van der Waals surface area contributed by atoms with Crippen molar-refractivity contribution in [1.29, 1.82) is 0 Å². The summed E-state index contributed by atoms with van der Waals surface area (Å²) in [6, 6.07) is 5.85. The number of anilines is 2. The van der Waals surface area contributed by atoms with Crippen LogP contribution in [0.2, 0.25) is 0 Å². The first-order valence-electron chi connectivity index (χ1n) is 5.55. The lowest BCUT2D eigenvalue weighted by Crippen LogP contribution is -2.08. The molecule has 3 N–H and O–H groups in total. The van der Waals surface area contributed by atoms with Gasteiger partial charge in [0, 0.05) is 13.0 Å². The number of rotatable bonds is 4. The summed E-state index contributed by atoms with van der Waals surface area (Å²) in [5.74, 6) is 1.30. The van der Waals surface area contributed by atoms with E-state index in [2.05, 4.69) is 15.5 Å². The molecule has 0 saturated carbocycles. The number of aryl methyl sites for hydroxylation is 2. The summed E-state index contributed by atoms with van der Waals surface area (Å²) >= 11 is 0. The Kier molecular flexibility index (Phi) is 3.27. The topological polar surface area (TPSA) is 77.0 Å². The molecule has 0 atom stereocenters. The summed E-state index contributed by atoms with van der Waals surface area (Å²) in [5.41, 5.74) is 8.75. The Labute approximate surface area is 100 Å². The van der Waals surface area contributed by atoms with E-state index < -0.39 is 0 Å². The van der Waals surface area contributed by atoms with Gasteiger partial charge in [-0.15, -0.1) is 0 Å². The third kappa shape index (κ3) is 2.75. The Bertz CT molecular complexity index is 487. The van der Waals surface area contributed by atoms with Crippen molar-refractivity contribution >= 4 is 11.4 Å². The van der Waals surface area contributed by atoms with Gasteiger partial charge in [0.25, 0.3) is 0 Å². The van der Waals surface area contributed by atoms with E-state index in [9.17, 15) is 0 Å². The first kappa shape index (κ1) is 11.4. The molecule has 0 fully saturated rings. The van der Waals surface area contributed by atoms with Crippen LogP contribution in [0.5, 0.6) is 0 Å². The number of hydrogen-bond acceptors (Lipinski definition) is 5. The summed E-state index contributed by atoms with van der Waals surface area (Å²) in [5, 5.41) is 7.02. The molecule has 17 heavy (non-hydrogen) atoms. The van der Waals surface area contributed by atoms with Crippen molar-refractivity contribution in [2.75, 3.05) is 17.6 Å². The number of hydrogen-bond donors (Lipinski definition) is 2. The van der Waals surface area contributed by atoms with Gasteiger partial charge < -0.3 is 15.6 Å². The minimum Gasteiger partial charge on any atom is -0.397 e. The number of nitrogen functional groups attached to an aromatic ring is 1. The van der Waals surface area contributed by atoms with Crippen molar-refractivity contribution in [1.82, 2.24) is 10.1 Å². The van der Waals surface area contributed by atoms with Crippen LogP contribution >= 0.6 is 0 Å². The van der Waals surface area contributed by atoms with Gasteiger partial charge in [0.2, 0.25) is 5.89 Å². The van der Waals surface area contributed by atoms with Crippen LogP contribution in [0.1, 0.15) is 17.3 Å². The average molecular weight is 232 g/mol. The zero-order valence-electron chi connectivity index (χ0n) is 10.0. The zero-order chi connectivity index (χ0) is 12.3. The Morgan fingerprint density at radius 3 is 2.82 bits per heavy atom. The van der Waals surface area contributed by atoms with Crippen molar-refractivity contribution in [3.8, 4) is 0 Å². The lowest BCUT2D eigenvalue weighted by atomic mass is 10.1. The fourth-order valence-electron chi connectivity index (χ4n) is 1.67. The molecule has 1 aromatic carbocycles. The van der Waals surface area contributed by atoms with Crippen LogP contribution in [-0.4, -0.2) is 16.7 Å². The predicted octanol–water partition coefficient (Wildman–Crippen LogP) is 1.92. The molecule has 0 amide bonds. The Balaban J connectivity index is 1.94. The molecule has 2 aromatic rings. The quantitative estimate of drug-likeness (QED) is 0.787. The molecule has 0 spiro atoms. The normalized spacial score (nSPS) is 10.5. The van der Waals surface area contributed by atoms with Crippen molar-refractivity contribution in [3.05, 3.63) is 35.5 Å². The molecule has 0 bridgehead atoms. The second-order valence-electron chi connectivity index (χ2n) is 3.95. The van der Waals surface area contributed by atoms with Crippen LogP contribution in [0.15, 0.2) is 22.7 Å². The third-order valence-corrected chi connectivity index (χ3v) is 2.52. The van der Waals surface area contributed by atoms with E-state index in [0.29, 0.717) is 18.1 Å². The molecule has 5 heteroatoms. The van der Waals surface area contributed by atoms with Crippen molar-refractivity contribution in [3.63, 3.8) is 0 Å². The molecule has 0 aliphatic rings. The predicted molar refractivity (Wildman–Crippen MR) is 66.8 cm³/mol. The lowest BCUT2D eigenvalue weighted by Gasteiger charge is -2.10. The second kappa shape index (κ2) is 4.86. The van der Waals surface area contributed by atoms with Crippen LogP contribution in [0.3, 0.4) is 0 Å². The van der Waals surface area contributed by atoms with Gasteiger partial charge in [0.1, 0.15) is 0 Å². The maximum atomic E-state index is 5.89. The highest BCUT2D eigenvalue weighted by Crippen LogP contribution is 2.22. The van der Waals surface area contributed by atoms with Crippen LogP contribution in [0, 0.1) is 13.8 Å². The highest BCUT2D eigenvalue weighted by atomic mass is 16.5. The smallest absolute Gasteiger partial charge is 0.228 e. The van der Waals surface area contributed by atoms with Crippen molar-refractivity contribution in [2.45, 2.75) is 20.3 Å². The van der Waals surface area contributed by atoms with E-state index in [1.807, 2.05) is 25.1 Å². The first-order chi connectivity index (χ1) is 8.16. The van der Waals surface area contributed by atoms with Gasteiger partial charge >= 0.3 is 0 Å². The van der Waals surface area contributed by atoms with Crippen LogP contribution in [0.25, 0.3) is 0 Å². The Hall–Kier alpha value is -2.04. The van der Waals surface area contributed by atoms with E-state index in [0.717, 1.165) is 23.5 Å². The standard InChI is InChI=1S/C12H16N4O/c1-8-4-3-5-10(13)12(8)14-7-6-11-15-9(2)16-17-11/h3-5,14H,6-7,13H2,1-2H3. The largest absolute Gasteiger partial charge is 0.397 e. The Morgan fingerprint density at radius 2 is 2.18 bits per heavy atom. The molecule has 0 aliphatic carbocycles. The van der Waals surface area contributed by atoms with Gasteiger partial charge in [-0.25, -0.2) is 0 Å². The molecule has 0 unspecified atom stereocenters. The zero-order valence-corrected chi connectivity index (χ0v) is 10.0. The van der Waals surface area contributed by atoms with E-state index in [1.54, 1.807) is 6.92 Å². The number of nitrogens with two attached hydrogens (primary N) is 1. The van der Waals surface area contributed by atoms with Crippen LogP contribution in [-0.2, 0) is 6.42 Å². The molecular weight excluding hydrogens is 216 g/mol. The molecule has 0 saturated heterocycles. The highest BCUT2D eigenvalue weighted by Gasteiger charge is 2.04. The maximum Gasteiger partial charge on any atom is 0.228 e. The monoisotopic (exact) mass is 232 g/mol. The van der Waals surface area contributed by atoms with Gasteiger partial charge in [-0.05, 0) is 25.5 Å². The SMILES string of the molecule is Cc1noc(CCNc2c(C)cccc2N)n1. The summed E-state index contributed by atoms with van der Waals surface area (Å²) < 4.78 is 5.03. The number of nitrogens with one attached hydrogen (secondary N) is 1. The third-order valence-electron chi connectivity index (χ3n) is 2.52. The van der Waals surface area contributed by atoms with Gasteiger partial charge in [0.15, 0.2) is 5.82 Å². The molecule has 0 radical (unpaired) electrons. The maximum absolute atomic E-state index is 5.89. The number of nitrogens with zero attached hydrogens (tertiary/aromatic N) is 2. The van der Waals surface area contributed by atoms with Gasteiger partial charge in [0.05, 0.1) is 11.4 Å². The summed E-state index contributed by atoms with van der Waals surface area (Å²) in [6.07, 6.45) is 0.689. The van der Waals surface area contributed by atoms with Crippen molar-refractivity contribution in [2.24, 2.45) is 0 Å². The minimum atomic E-state index is 0.641. The van der Waals surface area contributed by atoms with E-state index in [4.69, 9.17) is 10.3 Å². The Morgan fingerprint density at radius 1 is 1.35 bits per heavy atom. The summed E-state index contributed by atoms with van der Waals surface area (Å²) in [4.78, 5) is 4.14. The second-order valence-corrected chi connectivity index (χ2v) is 3.95. The number of benzene rings is 1. The fraction of sp³-hybridized carbons (Fsp3) is 0.333. The highest BCUT2D eigenvalue weighted by molar-refractivity contribution is 5.69. The number of aromatic nitrogens is 2. The van der Waals surface area contributed by atoms with Gasteiger partial charge in [-0.1, -0.05) is 17.3 Å². The fourth-order valence-corrected chi connectivity index (χ4v) is 1.67. The van der Waals surface area contributed by atoms with E-state index in [-0.39, 0.29) is 0 Å². The molecule has 5 nitrogen and oxygen atoms in total. The van der Waals surface area contributed by atoms with Gasteiger partial charge in [-0.3, -0.25) is 0 Å². The summed E-state index contributed by atoms with van der Waals surface area (Å²) in [7, 11) is 0. The average Bonchev–Trinajstić information content (AvgIpc) is 2.69. The molecule has 1 aromatic heterocycles. The van der Waals surface area contributed by atoms with Crippen molar-refractivity contribution < 1.29 is 4.52 Å². The lowest BCUT2D eigenvalue weighted by molar-refractivity contribution is 0.377. The minimum absolute atomic E-state index is 0.641. The number of para-hydroxylation sites is 1. The molecular formula is C12H16N4O. The first-order valence-corrected chi connectivity index (χ1v) is 5.55. The van der Waals surface area contributed by atoms with E-state index >= 15 is 0 Å². The van der Waals surface area contributed by atoms with Crippen LogP contribution in [0.4, 0.5) is 11.4 Å². The molecule has 1 heterocycles. The van der Waals surface area contributed by atoms with Crippen LogP contribution < -0.4 is 11.1 Å². The van der Waals surface area contributed by atoms with Gasteiger partial charge in [-0.2, -0.15) is 4.98 Å².